The number of ether oxygens (including phenoxy) is 3. The van der Waals surface area contributed by atoms with Crippen molar-refractivity contribution in [3.8, 4) is 0 Å². The summed E-state index contributed by atoms with van der Waals surface area (Å²) in [6, 6.07) is -0.0419. The van der Waals surface area contributed by atoms with Gasteiger partial charge >= 0.3 is 6.09 Å². The third-order valence-electron chi connectivity index (χ3n) is 3.08. The number of carbonyl (C=O) groups excluding carboxylic acids is 1. The Morgan fingerprint density at radius 2 is 2.28 bits per heavy atom. The zero-order valence-electron chi connectivity index (χ0n) is 11.4. The predicted molar refractivity (Wildman–Crippen MR) is 67.4 cm³/mol. The van der Waals surface area contributed by atoms with Crippen LogP contribution in [0.3, 0.4) is 0 Å². The van der Waals surface area contributed by atoms with Crippen molar-refractivity contribution >= 4 is 6.09 Å². The highest BCUT2D eigenvalue weighted by Gasteiger charge is 2.30. The molecule has 1 saturated heterocycles. The van der Waals surface area contributed by atoms with Gasteiger partial charge in [-0.15, -0.1) is 0 Å². The minimum absolute atomic E-state index is 0.0233. The Morgan fingerprint density at radius 1 is 1.56 bits per heavy atom. The van der Waals surface area contributed by atoms with E-state index in [-0.39, 0.29) is 24.3 Å². The van der Waals surface area contributed by atoms with Crippen molar-refractivity contribution in [2.24, 2.45) is 5.73 Å². The predicted octanol–water partition coefficient (Wildman–Crippen LogP) is 0.596. The number of amides is 1. The number of piperidine rings is 1. The molecule has 0 radical (unpaired) electrons. The Balaban J connectivity index is 2.43. The third-order valence-corrected chi connectivity index (χ3v) is 3.08. The quantitative estimate of drug-likeness (QED) is 0.783. The molecule has 0 aromatic carbocycles. The van der Waals surface area contributed by atoms with Crippen molar-refractivity contribution in [3.63, 3.8) is 0 Å². The van der Waals surface area contributed by atoms with Gasteiger partial charge in [0.2, 0.25) is 0 Å². The fourth-order valence-corrected chi connectivity index (χ4v) is 1.82. The van der Waals surface area contributed by atoms with E-state index in [1.807, 2.05) is 6.92 Å². The summed E-state index contributed by atoms with van der Waals surface area (Å²) in [6.45, 7) is 5.69. The van der Waals surface area contributed by atoms with Gasteiger partial charge in [-0.05, 0) is 20.3 Å². The van der Waals surface area contributed by atoms with E-state index in [4.69, 9.17) is 19.9 Å². The smallest absolute Gasteiger partial charge is 0.409 e. The van der Waals surface area contributed by atoms with Crippen LogP contribution in [0.25, 0.3) is 0 Å². The average molecular weight is 260 g/mol. The van der Waals surface area contributed by atoms with Gasteiger partial charge in [0.05, 0.1) is 32.0 Å². The second-order valence-corrected chi connectivity index (χ2v) is 4.52. The van der Waals surface area contributed by atoms with E-state index >= 15 is 0 Å². The molecule has 18 heavy (non-hydrogen) atoms. The Bertz CT molecular complexity index is 262. The monoisotopic (exact) mass is 260 g/mol. The lowest BCUT2D eigenvalue weighted by atomic mass is 10.0. The first kappa shape index (κ1) is 15.2. The van der Waals surface area contributed by atoms with Gasteiger partial charge in [0.1, 0.15) is 0 Å². The van der Waals surface area contributed by atoms with Crippen molar-refractivity contribution < 1.29 is 19.0 Å². The summed E-state index contributed by atoms with van der Waals surface area (Å²) >= 11 is 0. The van der Waals surface area contributed by atoms with Crippen molar-refractivity contribution in [1.29, 1.82) is 0 Å². The van der Waals surface area contributed by atoms with Gasteiger partial charge in [0.25, 0.3) is 0 Å². The molecule has 2 N–H and O–H groups in total. The second kappa shape index (κ2) is 7.56. The van der Waals surface area contributed by atoms with E-state index in [2.05, 4.69) is 0 Å². The maximum atomic E-state index is 11.6. The molecule has 1 rings (SSSR count). The zero-order valence-corrected chi connectivity index (χ0v) is 11.4. The molecular weight excluding hydrogens is 236 g/mol. The molecule has 0 aliphatic carbocycles. The average Bonchev–Trinajstić information content (AvgIpc) is 2.37. The van der Waals surface area contributed by atoms with Gasteiger partial charge < -0.3 is 24.8 Å². The fraction of sp³-hybridized carbons (Fsp3) is 0.917. The fourth-order valence-electron chi connectivity index (χ4n) is 1.82. The lowest BCUT2D eigenvalue weighted by Gasteiger charge is -2.36. The van der Waals surface area contributed by atoms with Crippen molar-refractivity contribution in [1.82, 2.24) is 4.90 Å². The molecule has 106 valence electrons. The molecule has 0 spiro atoms. The Kier molecular flexibility index (Phi) is 6.38. The summed E-state index contributed by atoms with van der Waals surface area (Å²) in [5, 5.41) is 0. The summed E-state index contributed by atoms with van der Waals surface area (Å²) < 4.78 is 15.8. The maximum Gasteiger partial charge on any atom is 0.409 e. The zero-order chi connectivity index (χ0) is 13.5. The Labute approximate surface area is 108 Å². The van der Waals surface area contributed by atoms with Crippen LogP contribution in [0.15, 0.2) is 0 Å². The first-order chi connectivity index (χ1) is 8.58. The molecule has 1 amide bonds. The molecule has 0 bridgehead atoms. The highest BCUT2D eigenvalue weighted by atomic mass is 16.6. The molecule has 1 aliphatic rings. The first-order valence-corrected chi connectivity index (χ1v) is 6.40. The van der Waals surface area contributed by atoms with Crippen LogP contribution in [-0.2, 0) is 14.2 Å². The molecule has 6 heteroatoms. The van der Waals surface area contributed by atoms with E-state index in [0.29, 0.717) is 26.3 Å². The topological polar surface area (TPSA) is 74.0 Å². The summed E-state index contributed by atoms with van der Waals surface area (Å²) in [6.07, 6.45) is 0.305. The van der Waals surface area contributed by atoms with Gasteiger partial charge in [-0.25, -0.2) is 4.79 Å². The van der Waals surface area contributed by atoms with Crippen molar-refractivity contribution in [2.75, 3.05) is 33.4 Å². The summed E-state index contributed by atoms with van der Waals surface area (Å²) in [7, 11) is 1.64. The van der Waals surface area contributed by atoms with Gasteiger partial charge in [-0.1, -0.05) is 0 Å². The molecule has 1 unspecified atom stereocenters. The minimum atomic E-state index is -0.294. The summed E-state index contributed by atoms with van der Waals surface area (Å²) in [4.78, 5) is 13.3. The number of likely N-dealkylation sites (tertiary alicyclic amines) is 1. The largest absolute Gasteiger partial charge is 0.450 e. The number of methoxy groups -OCH3 is 1. The highest BCUT2D eigenvalue weighted by Crippen LogP contribution is 2.14. The van der Waals surface area contributed by atoms with E-state index in [1.54, 1.807) is 18.9 Å². The van der Waals surface area contributed by atoms with Gasteiger partial charge in [0.15, 0.2) is 0 Å². The highest BCUT2D eigenvalue weighted by molar-refractivity contribution is 5.67. The van der Waals surface area contributed by atoms with Crippen LogP contribution in [0.2, 0.25) is 0 Å². The summed E-state index contributed by atoms with van der Waals surface area (Å²) in [5.41, 5.74) is 6.00. The molecule has 0 saturated carbocycles. The van der Waals surface area contributed by atoms with Gasteiger partial charge in [-0.2, -0.15) is 0 Å². The van der Waals surface area contributed by atoms with E-state index < -0.39 is 0 Å². The van der Waals surface area contributed by atoms with Crippen LogP contribution in [-0.4, -0.2) is 62.7 Å². The second-order valence-electron chi connectivity index (χ2n) is 4.52. The molecule has 3 atom stereocenters. The minimum Gasteiger partial charge on any atom is -0.450 e. The first-order valence-electron chi connectivity index (χ1n) is 6.40. The van der Waals surface area contributed by atoms with E-state index in [1.165, 1.54) is 0 Å². The van der Waals surface area contributed by atoms with Crippen LogP contribution in [0.4, 0.5) is 4.79 Å². The SMILES string of the molecule is CCOC(=O)N1CC[C@H](N)[C@H](OCC(C)OC)C1. The molecular formula is C12H24N2O4. The Morgan fingerprint density at radius 3 is 2.89 bits per heavy atom. The number of nitrogens with two attached hydrogens (primary N) is 1. The number of carbonyl (C=O) groups is 1. The standard InChI is InChI=1S/C12H24N2O4/c1-4-17-12(15)14-6-5-10(13)11(7-14)18-8-9(2)16-3/h9-11H,4-8,13H2,1-3H3/t9?,10-,11+/m0/s1. The maximum absolute atomic E-state index is 11.6. The van der Waals surface area contributed by atoms with Gasteiger partial charge in [-0.3, -0.25) is 0 Å². The number of rotatable bonds is 5. The van der Waals surface area contributed by atoms with Crippen LogP contribution < -0.4 is 5.73 Å². The number of hydrogen-bond acceptors (Lipinski definition) is 5. The molecule has 6 nitrogen and oxygen atoms in total. The van der Waals surface area contributed by atoms with Crippen LogP contribution >= 0.6 is 0 Å². The molecule has 1 heterocycles. The lowest BCUT2D eigenvalue weighted by molar-refractivity contribution is -0.0522. The van der Waals surface area contributed by atoms with Crippen LogP contribution in [0, 0.1) is 0 Å². The van der Waals surface area contributed by atoms with Crippen LogP contribution in [0.1, 0.15) is 20.3 Å². The van der Waals surface area contributed by atoms with Crippen LogP contribution in [0.5, 0.6) is 0 Å². The number of nitrogens with zero attached hydrogens (tertiary/aromatic N) is 1. The summed E-state index contributed by atoms with van der Waals surface area (Å²) in [5.74, 6) is 0. The third kappa shape index (κ3) is 4.44. The molecule has 0 aromatic rings. The Hall–Kier alpha value is -0.850. The molecule has 1 aliphatic heterocycles. The molecule has 0 aromatic heterocycles. The van der Waals surface area contributed by atoms with Crippen molar-refractivity contribution in [3.05, 3.63) is 0 Å². The normalized spacial score (nSPS) is 25.9. The lowest BCUT2D eigenvalue weighted by Crippen LogP contribution is -2.54. The van der Waals surface area contributed by atoms with E-state index in [0.717, 1.165) is 6.42 Å². The van der Waals surface area contributed by atoms with Crippen molar-refractivity contribution in [2.45, 2.75) is 38.5 Å². The number of hydrogen-bond donors (Lipinski definition) is 1. The molecule has 1 fully saturated rings. The van der Waals surface area contributed by atoms with Gasteiger partial charge in [0, 0.05) is 19.7 Å². The van der Waals surface area contributed by atoms with E-state index in [9.17, 15) is 4.79 Å².